The topological polar surface area (TPSA) is 76.9 Å². The number of anilines is 1. The molecule has 26 heavy (non-hydrogen) atoms. The Morgan fingerprint density at radius 2 is 1.88 bits per heavy atom. The highest BCUT2D eigenvalue weighted by molar-refractivity contribution is 7.92. The molecule has 0 bridgehead atoms. The summed E-state index contributed by atoms with van der Waals surface area (Å²) in [5, 5.41) is 4.00. The molecule has 0 amide bonds. The Morgan fingerprint density at radius 3 is 2.50 bits per heavy atom. The van der Waals surface area contributed by atoms with Crippen LogP contribution in [0, 0.1) is 0 Å². The van der Waals surface area contributed by atoms with Crippen LogP contribution in [0.25, 0.3) is 5.69 Å². The third kappa shape index (κ3) is 3.81. The summed E-state index contributed by atoms with van der Waals surface area (Å²) >= 11 is 5.79. The van der Waals surface area contributed by atoms with Crippen LogP contribution >= 0.6 is 11.6 Å². The van der Waals surface area contributed by atoms with E-state index in [-0.39, 0.29) is 21.3 Å². The second kappa shape index (κ2) is 6.61. The van der Waals surface area contributed by atoms with Crippen LogP contribution in [0.2, 0.25) is 5.02 Å². The van der Waals surface area contributed by atoms with Gasteiger partial charge in [0.05, 0.1) is 21.8 Å². The van der Waals surface area contributed by atoms with Gasteiger partial charge in [-0.15, -0.1) is 0 Å². The average Bonchev–Trinajstić information content (AvgIpc) is 3.08. The molecule has 0 saturated heterocycles. The fraction of sp³-hybridized carbons (Fsp3) is 0.0667. The third-order valence-corrected chi connectivity index (χ3v) is 4.94. The molecule has 0 unspecified atom stereocenters. The van der Waals surface area contributed by atoms with E-state index in [1.165, 1.54) is 36.9 Å². The molecule has 3 rings (SSSR count). The molecular formula is C15H10ClF3N4O2S. The molecule has 11 heteroatoms. The summed E-state index contributed by atoms with van der Waals surface area (Å²) in [6, 6.07) is 7.98. The second-order valence-corrected chi connectivity index (χ2v) is 7.25. The molecule has 0 atom stereocenters. The zero-order valence-corrected chi connectivity index (χ0v) is 14.3. The largest absolute Gasteiger partial charge is 0.416 e. The van der Waals surface area contributed by atoms with Crippen molar-refractivity contribution in [3.05, 3.63) is 65.7 Å². The smallest absolute Gasteiger partial charge is 0.277 e. The Labute approximate surface area is 151 Å². The summed E-state index contributed by atoms with van der Waals surface area (Å²) in [6.07, 6.45) is -2.23. The van der Waals surface area contributed by atoms with E-state index in [9.17, 15) is 21.6 Å². The highest BCUT2D eigenvalue weighted by atomic mass is 35.5. The second-order valence-electron chi connectivity index (χ2n) is 5.13. The van der Waals surface area contributed by atoms with Gasteiger partial charge in [0.2, 0.25) is 0 Å². The van der Waals surface area contributed by atoms with E-state index in [1.807, 2.05) is 0 Å². The fourth-order valence-electron chi connectivity index (χ4n) is 2.16. The molecule has 2 aromatic carbocycles. The first-order valence-corrected chi connectivity index (χ1v) is 8.87. The summed E-state index contributed by atoms with van der Waals surface area (Å²) in [5.41, 5.74) is -1.23. The van der Waals surface area contributed by atoms with E-state index in [0.717, 1.165) is 16.8 Å². The molecule has 0 spiro atoms. The van der Waals surface area contributed by atoms with E-state index < -0.39 is 21.8 Å². The first kappa shape index (κ1) is 18.2. The number of benzene rings is 2. The van der Waals surface area contributed by atoms with E-state index in [4.69, 9.17) is 11.6 Å². The maximum Gasteiger partial charge on any atom is 0.416 e. The number of hydrogen-bond donors (Lipinski definition) is 1. The molecule has 0 radical (unpaired) electrons. The molecule has 6 nitrogen and oxygen atoms in total. The van der Waals surface area contributed by atoms with Crippen LogP contribution in [0.4, 0.5) is 18.9 Å². The Kier molecular flexibility index (Phi) is 4.63. The average molecular weight is 403 g/mol. The minimum absolute atomic E-state index is 0.0844. The van der Waals surface area contributed by atoms with Crippen molar-refractivity contribution in [2.45, 2.75) is 11.1 Å². The van der Waals surface area contributed by atoms with Gasteiger partial charge in [0.15, 0.2) is 0 Å². The number of rotatable bonds is 4. The Morgan fingerprint density at radius 1 is 1.12 bits per heavy atom. The van der Waals surface area contributed by atoms with Crippen molar-refractivity contribution in [3.8, 4) is 5.69 Å². The van der Waals surface area contributed by atoms with E-state index >= 15 is 0 Å². The molecule has 1 aromatic heterocycles. The number of alkyl halides is 3. The minimum atomic E-state index is -4.64. The lowest BCUT2D eigenvalue weighted by Crippen LogP contribution is -2.16. The number of hydrogen-bond acceptors (Lipinski definition) is 4. The Balaban J connectivity index is 2.10. The standard InChI is InChI=1S/C15H10ClF3N4O2S/c16-11-2-1-3-12(7-11)26(24,25)22-13-6-10(15(17,18)19)4-5-14(13)23-9-20-8-21-23/h1-9,22H. The predicted octanol–water partition coefficient (Wildman–Crippen LogP) is 3.74. The van der Waals surface area contributed by atoms with Gasteiger partial charge >= 0.3 is 6.18 Å². The molecule has 1 N–H and O–H groups in total. The van der Waals surface area contributed by atoms with Crippen molar-refractivity contribution in [1.29, 1.82) is 0 Å². The molecule has 136 valence electrons. The normalized spacial score (nSPS) is 12.2. The van der Waals surface area contributed by atoms with Crippen LogP contribution in [-0.2, 0) is 16.2 Å². The molecule has 3 aromatic rings. The lowest BCUT2D eigenvalue weighted by Gasteiger charge is -2.15. The SMILES string of the molecule is O=S(=O)(Nc1cc(C(F)(F)F)ccc1-n1cncn1)c1cccc(Cl)c1. The number of aromatic nitrogens is 3. The van der Waals surface area contributed by atoms with Crippen molar-refractivity contribution >= 4 is 27.3 Å². The molecular weight excluding hydrogens is 393 g/mol. The van der Waals surface area contributed by atoms with E-state index in [2.05, 4.69) is 14.8 Å². The van der Waals surface area contributed by atoms with Crippen molar-refractivity contribution in [2.75, 3.05) is 4.72 Å². The number of sulfonamides is 1. The van der Waals surface area contributed by atoms with Gasteiger partial charge in [0.25, 0.3) is 10.0 Å². The fourth-order valence-corrected chi connectivity index (χ4v) is 3.53. The zero-order valence-electron chi connectivity index (χ0n) is 12.8. The van der Waals surface area contributed by atoms with Crippen LogP contribution in [0.3, 0.4) is 0 Å². The first-order valence-electron chi connectivity index (χ1n) is 7.01. The van der Waals surface area contributed by atoms with Crippen molar-refractivity contribution < 1.29 is 21.6 Å². The molecule has 0 fully saturated rings. The van der Waals surface area contributed by atoms with Crippen LogP contribution < -0.4 is 4.72 Å². The van der Waals surface area contributed by atoms with Gasteiger partial charge in [-0.2, -0.15) is 18.3 Å². The number of halogens is 4. The van der Waals surface area contributed by atoms with Crippen LogP contribution in [0.5, 0.6) is 0 Å². The molecule has 0 aliphatic rings. The van der Waals surface area contributed by atoms with Gasteiger partial charge in [-0.05, 0) is 36.4 Å². The van der Waals surface area contributed by atoms with E-state index in [0.29, 0.717) is 6.07 Å². The maximum absolute atomic E-state index is 13.0. The highest BCUT2D eigenvalue weighted by Crippen LogP contribution is 2.34. The maximum atomic E-state index is 13.0. The molecule has 1 heterocycles. The number of nitrogens with one attached hydrogen (secondary N) is 1. The Bertz CT molecular complexity index is 1040. The first-order chi connectivity index (χ1) is 12.2. The summed E-state index contributed by atoms with van der Waals surface area (Å²) in [7, 11) is -4.17. The lowest BCUT2D eigenvalue weighted by atomic mass is 10.1. The van der Waals surface area contributed by atoms with Gasteiger partial charge < -0.3 is 0 Å². The highest BCUT2D eigenvalue weighted by Gasteiger charge is 2.32. The summed E-state index contributed by atoms with van der Waals surface area (Å²) in [4.78, 5) is 3.52. The van der Waals surface area contributed by atoms with Gasteiger partial charge in [-0.3, -0.25) is 4.72 Å². The quantitative estimate of drug-likeness (QED) is 0.721. The summed E-state index contributed by atoms with van der Waals surface area (Å²) < 4.78 is 67.4. The molecule has 0 aliphatic heterocycles. The predicted molar refractivity (Wildman–Crippen MR) is 88.6 cm³/mol. The van der Waals surface area contributed by atoms with E-state index in [1.54, 1.807) is 0 Å². The monoisotopic (exact) mass is 402 g/mol. The van der Waals surface area contributed by atoms with Crippen LogP contribution in [0.15, 0.2) is 60.0 Å². The third-order valence-electron chi connectivity index (χ3n) is 3.34. The van der Waals surface area contributed by atoms with Crippen molar-refractivity contribution in [2.24, 2.45) is 0 Å². The summed E-state index contributed by atoms with van der Waals surface area (Å²) in [6.45, 7) is 0. The minimum Gasteiger partial charge on any atom is -0.277 e. The molecule has 0 saturated carbocycles. The van der Waals surface area contributed by atoms with Gasteiger partial charge in [0, 0.05) is 5.02 Å². The molecule has 0 aliphatic carbocycles. The van der Waals surface area contributed by atoms with Gasteiger partial charge in [0.1, 0.15) is 12.7 Å². The van der Waals surface area contributed by atoms with Crippen LogP contribution in [-0.4, -0.2) is 23.2 Å². The van der Waals surface area contributed by atoms with Crippen molar-refractivity contribution in [1.82, 2.24) is 14.8 Å². The number of nitrogens with zero attached hydrogens (tertiary/aromatic N) is 3. The zero-order chi connectivity index (χ0) is 18.9. The Hall–Kier alpha value is -2.59. The summed E-state index contributed by atoms with van der Waals surface area (Å²) in [5.74, 6) is 0. The van der Waals surface area contributed by atoms with Gasteiger partial charge in [-0.25, -0.2) is 18.1 Å². The van der Waals surface area contributed by atoms with Crippen LogP contribution in [0.1, 0.15) is 5.56 Å². The van der Waals surface area contributed by atoms with Crippen molar-refractivity contribution in [3.63, 3.8) is 0 Å². The lowest BCUT2D eigenvalue weighted by molar-refractivity contribution is -0.137. The van der Waals surface area contributed by atoms with Gasteiger partial charge in [-0.1, -0.05) is 17.7 Å².